The zero-order valence-electron chi connectivity index (χ0n) is 13.3. The summed E-state index contributed by atoms with van der Waals surface area (Å²) in [4.78, 5) is 22.8. The van der Waals surface area contributed by atoms with Gasteiger partial charge in [-0.25, -0.2) is 4.79 Å². The van der Waals surface area contributed by atoms with Crippen LogP contribution in [-0.2, 0) is 20.9 Å². The molecule has 0 amide bonds. The normalized spacial score (nSPS) is 11.8. The Bertz CT molecular complexity index is 585. The van der Waals surface area contributed by atoms with Crippen LogP contribution in [0.4, 0.5) is 0 Å². The summed E-state index contributed by atoms with van der Waals surface area (Å²) in [5.41, 5.74) is 2.20. The van der Waals surface area contributed by atoms with Crippen molar-refractivity contribution in [2.24, 2.45) is 0 Å². The first kappa shape index (κ1) is 17.5. The minimum atomic E-state index is -0.498. The van der Waals surface area contributed by atoms with Crippen LogP contribution >= 0.6 is 0 Å². The van der Waals surface area contributed by atoms with Crippen LogP contribution in [0.2, 0.25) is 0 Å². The lowest BCUT2D eigenvalue weighted by atomic mass is 10.1. The summed E-state index contributed by atoms with van der Waals surface area (Å²) in [6.07, 6.45) is 2.69. The second-order valence-corrected chi connectivity index (χ2v) is 4.65. The Balaban J connectivity index is 2.79. The topological polar surface area (TPSA) is 64.6 Å². The van der Waals surface area contributed by atoms with Gasteiger partial charge in [0.1, 0.15) is 5.75 Å². The first-order chi connectivity index (χ1) is 10.5. The average Bonchev–Trinajstić information content (AvgIpc) is 2.52. The van der Waals surface area contributed by atoms with Crippen molar-refractivity contribution < 1.29 is 19.1 Å². The smallest absolute Gasteiger partial charge is 0.330 e. The summed E-state index contributed by atoms with van der Waals surface area (Å²) in [6.45, 7) is 3.82. The molecule has 1 aromatic rings. The van der Waals surface area contributed by atoms with Crippen molar-refractivity contribution in [3.63, 3.8) is 0 Å². The summed E-state index contributed by atoms with van der Waals surface area (Å²) < 4.78 is 9.62. The number of carbonyl (C=O) groups is 2. The number of allylic oxidation sites excluding steroid dienone is 3. The summed E-state index contributed by atoms with van der Waals surface area (Å²) in [6, 6.07) is 7.63. The van der Waals surface area contributed by atoms with Gasteiger partial charge in [0, 0.05) is 23.9 Å². The average molecular weight is 303 g/mol. The molecule has 0 fully saturated rings. The third-order valence-corrected chi connectivity index (χ3v) is 3.09. The molecule has 0 saturated carbocycles. The Kier molecular flexibility index (Phi) is 6.89. The molecular weight excluding hydrogens is 282 g/mol. The van der Waals surface area contributed by atoms with Gasteiger partial charge < -0.3 is 14.8 Å². The Morgan fingerprint density at radius 2 is 1.73 bits per heavy atom. The molecular formula is C17H21NO4. The number of carbonyl (C=O) groups excluding carboxylic acids is 2. The summed E-state index contributed by atoms with van der Waals surface area (Å²) in [5.74, 6) is 0.169. The maximum atomic E-state index is 11.7. The van der Waals surface area contributed by atoms with Gasteiger partial charge in [-0.1, -0.05) is 12.1 Å². The van der Waals surface area contributed by atoms with Crippen LogP contribution in [0.15, 0.2) is 47.7 Å². The van der Waals surface area contributed by atoms with Gasteiger partial charge in [0.25, 0.3) is 0 Å². The minimum absolute atomic E-state index is 0.125. The minimum Gasteiger partial charge on any atom is -0.497 e. The molecule has 0 saturated heterocycles. The van der Waals surface area contributed by atoms with Crippen LogP contribution in [0, 0.1) is 0 Å². The number of rotatable bonds is 7. The summed E-state index contributed by atoms with van der Waals surface area (Å²) in [5, 5.41) is 3.17. The Morgan fingerprint density at radius 1 is 1.09 bits per heavy atom. The molecule has 0 aliphatic heterocycles. The van der Waals surface area contributed by atoms with Crippen molar-refractivity contribution in [2.75, 3.05) is 14.2 Å². The van der Waals surface area contributed by atoms with Gasteiger partial charge in [-0.05, 0) is 37.6 Å². The molecule has 22 heavy (non-hydrogen) atoms. The number of ether oxygens (including phenoxy) is 2. The highest BCUT2D eigenvalue weighted by atomic mass is 16.5. The van der Waals surface area contributed by atoms with E-state index in [0.717, 1.165) is 11.3 Å². The molecule has 5 nitrogen and oxygen atoms in total. The van der Waals surface area contributed by atoms with E-state index in [-0.39, 0.29) is 5.78 Å². The largest absolute Gasteiger partial charge is 0.497 e. The SMILES string of the molecule is COC(=O)/C=C/C(C(C)=O)=C(/C)NCc1ccc(OC)cc1. The Hall–Kier alpha value is -2.56. The Morgan fingerprint density at radius 3 is 2.23 bits per heavy atom. The third kappa shape index (κ3) is 5.44. The predicted octanol–water partition coefficient (Wildman–Crippen LogP) is 2.38. The van der Waals surface area contributed by atoms with E-state index in [9.17, 15) is 9.59 Å². The number of ketones is 1. The second-order valence-electron chi connectivity index (χ2n) is 4.65. The van der Waals surface area contributed by atoms with Crippen LogP contribution in [0.25, 0.3) is 0 Å². The van der Waals surface area contributed by atoms with Gasteiger partial charge in [-0.2, -0.15) is 0 Å². The maximum Gasteiger partial charge on any atom is 0.330 e. The zero-order chi connectivity index (χ0) is 16.5. The maximum absolute atomic E-state index is 11.7. The van der Waals surface area contributed by atoms with Crippen molar-refractivity contribution in [3.8, 4) is 5.75 Å². The molecule has 0 atom stereocenters. The fourth-order valence-electron chi connectivity index (χ4n) is 1.80. The van der Waals surface area contributed by atoms with E-state index < -0.39 is 5.97 Å². The number of esters is 1. The van der Waals surface area contributed by atoms with Crippen LogP contribution in [0.3, 0.4) is 0 Å². The number of hydrogen-bond acceptors (Lipinski definition) is 5. The van der Waals surface area contributed by atoms with E-state index in [2.05, 4.69) is 10.1 Å². The van der Waals surface area contributed by atoms with Gasteiger partial charge in [-0.3, -0.25) is 4.79 Å². The zero-order valence-corrected chi connectivity index (χ0v) is 13.3. The van der Waals surface area contributed by atoms with E-state index in [0.29, 0.717) is 17.8 Å². The van der Waals surface area contributed by atoms with Crippen LogP contribution in [0.5, 0.6) is 5.75 Å². The lowest BCUT2D eigenvalue weighted by Crippen LogP contribution is -2.15. The molecule has 0 bridgehead atoms. The monoisotopic (exact) mass is 303 g/mol. The molecule has 0 aromatic heterocycles. The molecule has 0 radical (unpaired) electrons. The number of Topliss-reactive ketones (excluding diaryl/α,β-unsaturated/α-hetero) is 1. The summed E-state index contributed by atoms with van der Waals surface area (Å²) in [7, 11) is 2.91. The van der Waals surface area contributed by atoms with E-state index in [4.69, 9.17) is 4.74 Å². The first-order valence-electron chi connectivity index (χ1n) is 6.82. The molecule has 0 spiro atoms. The molecule has 0 heterocycles. The van der Waals surface area contributed by atoms with Crippen molar-refractivity contribution >= 4 is 11.8 Å². The molecule has 0 aliphatic rings. The number of hydrogen-bond donors (Lipinski definition) is 1. The van der Waals surface area contributed by atoms with Crippen molar-refractivity contribution in [3.05, 3.63) is 53.3 Å². The summed E-state index contributed by atoms with van der Waals surface area (Å²) >= 11 is 0. The van der Waals surface area contributed by atoms with Gasteiger partial charge in [0.2, 0.25) is 0 Å². The predicted molar refractivity (Wildman–Crippen MR) is 84.4 cm³/mol. The highest BCUT2D eigenvalue weighted by molar-refractivity contribution is 5.98. The van der Waals surface area contributed by atoms with Crippen molar-refractivity contribution in [1.82, 2.24) is 5.32 Å². The molecule has 0 unspecified atom stereocenters. The molecule has 1 N–H and O–H groups in total. The van der Waals surface area contributed by atoms with Crippen molar-refractivity contribution in [1.29, 1.82) is 0 Å². The molecule has 0 aliphatic carbocycles. The fourth-order valence-corrected chi connectivity index (χ4v) is 1.80. The lowest BCUT2D eigenvalue weighted by molar-refractivity contribution is -0.134. The van der Waals surface area contributed by atoms with Gasteiger partial charge >= 0.3 is 5.97 Å². The van der Waals surface area contributed by atoms with E-state index >= 15 is 0 Å². The van der Waals surface area contributed by atoms with Crippen LogP contribution in [0.1, 0.15) is 19.4 Å². The molecule has 118 valence electrons. The fraction of sp³-hybridized carbons (Fsp3) is 0.294. The molecule has 1 rings (SSSR count). The number of nitrogens with one attached hydrogen (secondary N) is 1. The molecule has 1 aromatic carbocycles. The number of benzene rings is 1. The molecule has 5 heteroatoms. The third-order valence-electron chi connectivity index (χ3n) is 3.09. The quantitative estimate of drug-likeness (QED) is 0.476. The van der Waals surface area contributed by atoms with E-state index in [1.165, 1.54) is 26.2 Å². The van der Waals surface area contributed by atoms with Gasteiger partial charge in [0.05, 0.1) is 14.2 Å². The second kappa shape index (κ2) is 8.67. The van der Waals surface area contributed by atoms with Crippen LogP contribution < -0.4 is 10.1 Å². The highest BCUT2D eigenvalue weighted by Gasteiger charge is 2.06. The van der Waals surface area contributed by atoms with Crippen LogP contribution in [-0.4, -0.2) is 26.0 Å². The van der Waals surface area contributed by atoms with Crippen molar-refractivity contribution in [2.45, 2.75) is 20.4 Å². The standard InChI is InChI=1S/C17H21NO4/c1-12(16(13(2)19)9-10-17(20)22-4)18-11-14-5-7-15(21-3)8-6-14/h5-10,18H,11H2,1-4H3/b10-9+,16-12+. The van der Waals surface area contributed by atoms with Gasteiger partial charge in [-0.15, -0.1) is 0 Å². The Labute approximate surface area is 130 Å². The lowest BCUT2D eigenvalue weighted by Gasteiger charge is -2.10. The number of methoxy groups -OCH3 is 2. The van der Waals surface area contributed by atoms with E-state index in [1.807, 2.05) is 24.3 Å². The van der Waals surface area contributed by atoms with E-state index in [1.54, 1.807) is 14.0 Å². The van der Waals surface area contributed by atoms with Gasteiger partial charge in [0.15, 0.2) is 5.78 Å². The highest BCUT2D eigenvalue weighted by Crippen LogP contribution is 2.12. The first-order valence-corrected chi connectivity index (χ1v) is 6.82.